The fraction of sp³-hybridized carbons (Fsp3) is 0.735. The number of nitrogens with one attached hydrogen (secondary N) is 1. The Labute approximate surface area is 235 Å². The van der Waals surface area contributed by atoms with Crippen LogP contribution in [0.1, 0.15) is 116 Å². The Kier molecular flexibility index (Phi) is 8.35. The quantitative estimate of drug-likeness (QED) is 0.203. The van der Waals surface area contributed by atoms with Gasteiger partial charge in [-0.15, -0.1) is 0 Å². The smallest absolute Gasteiger partial charge is 0.338 e. The van der Waals surface area contributed by atoms with Crippen LogP contribution < -0.4 is 5.23 Å². The van der Waals surface area contributed by atoms with Crippen LogP contribution in [0.2, 0.25) is 0 Å². The number of carbonyl (C=O) groups excluding carboxylic acids is 1. The molecule has 5 nitrogen and oxygen atoms in total. The number of esters is 1. The molecule has 0 aromatic heterocycles. The van der Waals surface area contributed by atoms with Gasteiger partial charge in [0.05, 0.1) is 5.56 Å². The van der Waals surface area contributed by atoms with Gasteiger partial charge in [0.2, 0.25) is 0 Å². The van der Waals surface area contributed by atoms with E-state index in [0.717, 1.165) is 54.8 Å². The number of benzene rings is 1. The van der Waals surface area contributed by atoms with Crippen LogP contribution in [0.5, 0.6) is 0 Å². The molecule has 4 aliphatic carbocycles. The van der Waals surface area contributed by atoms with Gasteiger partial charge in [-0.2, -0.15) is 5.23 Å². The van der Waals surface area contributed by atoms with Crippen molar-refractivity contribution in [3.05, 3.63) is 46.7 Å². The Hall–Kier alpha value is -1.69. The number of hydrogen-bond acceptors (Lipinski definition) is 4. The van der Waals surface area contributed by atoms with E-state index in [1.807, 2.05) is 0 Å². The summed E-state index contributed by atoms with van der Waals surface area (Å²) in [5.74, 6) is 4.60. The molecular weight excluding hydrogens is 486 g/mol. The number of fused-ring (bicyclic) bond motifs is 5. The second-order valence-corrected chi connectivity index (χ2v) is 14.4. The zero-order valence-electron chi connectivity index (χ0n) is 24.9. The SMILES string of the molecule is CC(C)CCC[C@@H](C)[C@@H]1CC[C@@H]2[C@H]3CC=C4C[C@@H](OC(=O)c5ccc([NH+]([O-])O)cc5)CC[C@]4(C)[C@@H]3CC[C@@]21C. The lowest BCUT2D eigenvalue weighted by Gasteiger charge is -2.58. The Bertz CT molecular complexity index is 1050. The van der Waals surface area contributed by atoms with Crippen molar-refractivity contribution in [3.8, 4) is 0 Å². The topological polar surface area (TPSA) is 74.0 Å². The van der Waals surface area contributed by atoms with Crippen molar-refractivity contribution in [1.29, 1.82) is 0 Å². The molecule has 1 unspecified atom stereocenters. The molecule has 0 spiro atoms. The summed E-state index contributed by atoms with van der Waals surface area (Å²) in [5, 5.41) is 19.3. The molecule has 39 heavy (non-hydrogen) atoms. The normalized spacial score (nSPS) is 37.3. The molecule has 216 valence electrons. The van der Waals surface area contributed by atoms with Gasteiger partial charge in [0.15, 0.2) is 5.69 Å². The molecule has 2 N–H and O–H groups in total. The van der Waals surface area contributed by atoms with Gasteiger partial charge in [0.1, 0.15) is 6.10 Å². The van der Waals surface area contributed by atoms with Crippen LogP contribution in [-0.4, -0.2) is 17.3 Å². The van der Waals surface area contributed by atoms with E-state index in [1.54, 1.807) is 12.1 Å². The maximum atomic E-state index is 12.8. The van der Waals surface area contributed by atoms with Crippen LogP contribution in [-0.2, 0) is 4.74 Å². The maximum Gasteiger partial charge on any atom is 0.338 e. The molecule has 0 radical (unpaired) electrons. The third-order valence-corrected chi connectivity index (χ3v) is 11.9. The zero-order chi connectivity index (χ0) is 27.9. The first-order chi connectivity index (χ1) is 18.5. The first-order valence-corrected chi connectivity index (χ1v) is 15.8. The van der Waals surface area contributed by atoms with Crippen LogP contribution >= 0.6 is 0 Å². The lowest BCUT2D eigenvalue weighted by atomic mass is 9.47. The third-order valence-electron chi connectivity index (χ3n) is 11.9. The molecule has 3 saturated carbocycles. The summed E-state index contributed by atoms with van der Waals surface area (Å²) in [6, 6.07) is 6.06. The lowest BCUT2D eigenvalue weighted by molar-refractivity contribution is -0.991. The Morgan fingerprint density at radius 2 is 1.79 bits per heavy atom. The fourth-order valence-electron chi connectivity index (χ4n) is 9.72. The summed E-state index contributed by atoms with van der Waals surface area (Å²) in [5.41, 5.74) is 2.86. The van der Waals surface area contributed by atoms with E-state index in [4.69, 9.17) is 9.94 Å². The van der Waals surface area contributed by atoms with Crippen LogP contribution in [0.15, 0.2) is 35.9 Å². The van der Waals surface area contributed by atoms with Gasteiger partial charge in [0, 0.05) is 18.6 Å². The predicted molar refractivity (Wildman–Crippen MR) is 154 cm³/mol. The van der Waals surface area contributed by atoms with Crippen molar-refractivity contribution >= 4 is 11.7 Å². The molecule has 5 rings (SSSR count). The van der Waals surface area contributed by atoms with Gasteiger partial charge in [-0.25, -0.2) is 10.0 Å². The van der Waals surface area contributed by atoms with E-state index in [0.29, 0.717) is 11.0 Å². The minimum atomic E-state index is -0.990. The second kappa shape index (κ2) is 11.3. The third kappa shape index (κ3) is 5.48. The molecule has 0 heterocycles. The molecule has 5 heteroatoms. The molecular formula is C34H51NO4. The highest BCUT2D eigenvalue weighted by atomic mass is 16.8. The lowest BCUT2D eigenvalue weighted by Crippen LogP contribution is -2.99. The predicted octanol–water partition coefficient (Wildman–Crippen LogP) is 7.66. The standard InChI is InChI=1S/C34H51NO4/c1-22(2)7-6-8-23(3)29-15-16-30-28-14-11-25-21-27(17-19-33(25,4)31(28)18-20-34(29,30)5)39-32(36)24-9-12-26(13-10-24)35(37)38/h9-13,22-23,27-31,35,37H,6-8,14-21H2,1-5H3/t23-,27+,28-,29+,30-,31-,33+,34-/m1/s1. The number of ether oxygens (including phenoxy) is 1. The first kappa shape index (κ1) is 28.8. The van der Waals surface area contributed by atoms with Crippen molar-refractivity contribution in [3.63, 3.8) is 0 Å². The summed E-state index contributed by atoms with van der Waals surface area (Å²) in [6.45, 7) is 12.4. The van der Waals surface area contributed by atoms with Gasteiger partial charge < -0.3 is 9.94 Å². The molecule has 9 atom stereocenters. The number of quaternary nitrogens is 1. The highest BCUT2D eigenvalue weighted by molar-refractivity contribution is 5.89. The van der Waals surface area contributed by atoms with Crippen LogP contribution in [0.4, 0.5) is 5.69 Å². The number of hydrogen-bond donors (Lipinski definition) is 2. The van der Waals surface area contributed by atoms with Gasteiger partial charge in [-0.05, 0) is 103 Å². The molecule has 4 aliphatic rings. The maximum absolute atomic E-state index is 12.8. The molecule has 3 fully saturated rings. The summed E-state index contributed by atoms with van der Waals surface area (Å²) in [7, 11) is 0. The number of rotatable bonds is 8. The monoisotopic (exact) mass is 537 g/mol. The second-order valence-electron chi connectivity index (χ2n) is 14.4. The number of allylic oxidation sites excluding steroid dienone is 1. The van der Waals surface area contributed by atoms with E-state index in [-0.39, 0.29) is 23.2 Å². The van der Waals surface area contributed by atoms with Gasteiger partial charge in [0.25, 0.3) is 0 Å². The van der Waals surface area contributed by atoms with Crippen molar-refractivity contribution in [2.45, 2.75) is 111 Å². The van der Waals surface area contributed by atoms with Gasteiger partial charge in [-0.3, -0.25) is 0 Å². The van der Waals surface area contributed by atoms with Crippen molar-refractivity contribution in [2.75, 3.05) is 0 Å². The van der Waals surface area contributed by atoms with E-state index >= 15 is 0 Å². The average molecular weight is 538 g/mol. The summed E-state index contributed by atoms with van der Waals surface area (Å²) in [6.07, 6.45) is 16.2. The fourth-order valence-corrected chi connectivity index (χ4v) is 9.72. The van der Waals surface area contributed by atoms with Gasteiger partial charge in [-0.1, -0.05) is 65.5 Å². The average Bonchev–Trinajstić information content (AvgIpc) is 3.26. The van der Waals surface area contributed by atoms with E-state index in [2.05, 4.69) is 40.7 Å². The Balaban J connectivity index is 1.23. The largest absolute Gasteiger partial charge is 0.595 e. The minimum absolute atomic E-state index is 0.0936. The minimum Gasteiger partial charge on any atom is -0.595 e. The first-order valence-electron chi connectivity index (χ1n) is 15.8. The molecule has 0 amide bonds. The van der Waals surface area contributed by atoms with Crippen LogP contribution in [0.25, 0.3) is 0 Å². The summed E-state index contributed by atoms with van der Waals surface area (Å²) >= 11 is 0. The molecule has 0 aliphatic heterocycles. The highest BCUT2D eigenvalue weighted by Crippen LogP contribution is 2.67. The summed E-state index contributed by atoms with van der Waals surface area (Å²) in [4.78, 5) is 12.8. The zero-order valence-corrected chi connectivity index (χ0v) is 24.9. The molecule has 0 bridgehead atoms. The van der Waals surface area contributed by atoms with Crippen LogP contribution in [0, 0.1) is 51.5 Å². The number of carbonyl (C=O) groups is 1. The van der Waals surface area contributed by atoms with Crippen LogP contribution in [0.3, 0.4) is 0 Å². The highest BCUT2D eigenvalue weighted by Gasteiger charge is 2.59. The molecule has 1 aromatic rings. The summed E-state index contributed by atoms with van der Waals surface area (Å²) < 4.78 is 5.95. The van der Waals surface area contributed by atoms with E-state index in [9.17, 15) is 10.0 Å². The van der Waals surface area contributed by atoms with Crippen molar-refractivity contribution in [2.24, 2.45) is 46.3 Å². The molecule has 0 saturated heterocycles. The van der Waals surface area contributed by atoms with Crippen molar-refractivity contribution < 1.29 is 20.0 Å². The van der Waals surface area contributed by atoms with E-state index in [1.165, 1.54) is 69.1 Å². The van der Waals surface area contributed by atoms with Gasteiger partial charge >= 0.3 is 5.97 Å². The Morgan fingerprint density at radius 3 is 2.49 bits per heavy atom. The van der Waals surface area contributed by atoms with Crippen molar-refractivity contribution in [1.82, 2.24) is 0 Å². The van der Waals surface area contributed by atoms with E-state index < -0.39 is 5.23 Å². The Morgan fingerprint density at radius 1 is 1.05 bits per heavy atom. The molecule has 1 aromatic carbocycles.